The van der Waals surface area contributed by atoms with Gasteiger partial charge in [0.15, 0.2) is 0 Å². The fourth-order valence-corrected chi connectivity index (χ4v) is 2.40. The van der Waals surface area contributed by atoms with Gasteiger partial charge < -0.3 is 15.6 Å². The van der Waals surface area contributed by atoms with Gasteiger partial charge in [-0.05, 0) is 53.5 Å². The summed E-state index contributed by atoms with van der Waals surface area (Å²) < 4.78 is 2.85. The van der Waals surface area contributed by atoms with Crippen molar-refractivity contribution in [1.29, 1.82) is 0 Å². The van der Waals surface area contributed by atoms with Crippen molar-refractivity contribution in [2.45, 2.75) is 26.4 Å². The van der Waals surface area contributed by atoms with Crippen LogP contribution in [0.25, 0.3) is 0 Å². The van der Waals surface area contributed by atoms with Gasteiger partial charge in [-0.15, -0.1) is 0 Å². The van der Waals surface area contributed by atoms with E-state index in [1.165, 1.54) is 0 Å². The molecule has 0 unspecified atom stereocenters. The molecule has 106 valence electrons. The second kappa shape index (κ2) is 6.13. The minimum atomic E-state index is -0.0822. The van der Waals surface area contributed by atoms with Crippen LogP contribution < -0.4 is 11.1 Å². The second-order valence-corrected chi connectivity index (χ2v) is 5.88. The first-order valence-electron chi connectivity index (χ1n) is 6.47. The number of amides is 1. The molecule has 0 bridgehead atoms. The number of hydrogen-bond acceptors (Lipinski definition) is 2. The Hall–Kier alpha value is -1.75. The number of benzene rings is 1. The van der Waals surface area contributed by atoms with E-state index in [9.17, 15) is 4.79 Å². The number of carbonyl (C=O) groups excluding carboxylic acids is 1. The minimum absolute atomic E-state index is 0.0822. The Kier molecular flexibility index (Phi) is 4.49. The lowest BCUT2D eigenvalue weighted by molar-refractivity contribution is 0.0940. The van der Waals surface area contributed by atoms with Crippen LogP contribution in [0.2, 0.25) is 0 Å². The van der Waals surface area contributed by atoms with Crippen LogP contribution in [0.5, 0.6) is 0 Å². The normalized spacial score (nSPS) is 10.8. The number of nitrogens with zero attached hydrogens (tertiary/aromatic N) is 1. The van der Waals surface area contributed by atoms with Crippen LogP contribution in [0.15, 0.2) is 41.0 Å². The quantitative estimate of drug-likeness (QED) is 0.841. The summed E-state index contributed by atoms with van der Waals surface area (Å²) in [6, 6.07) is 9.54. The van der Waals surface area contributed by atoms with Gasteiger partial charge in [0.25, 0.3) is 5.91 Å². The summed E-state index contributed by atoms with van der Waals surface area (Å²) in [6.07, 6.45) is 1.92. The number of nitrogens with one attached hydrogen (secondary N) is 1. The van der Waals surface area contributed by atoms with E-state index in [1.54, 1.807) is 0 Å². The topological polar surface area (TPSA) is 60.0 Å². The van der Waals surface area contributed by atoms with Gasteiger partial charge in [-0.3, -0.25) is 4.79 Å². The Balaban J connectivity index is 2.07. The summed E-state index contributed by atoms with van der Waals surface area (Å²) in [5, 5.41) is 2.92. The highest BCUT2D eigenvalue weighted by molar-refractivity contribution is 9.10. The molecule has 20 heavy (non-hydrogen) atoms. The molecule has 0 atom stereocenters. The molecule has 0 radical (unpaired) electrons. The van der Waals surface area contributed by atoms with Crippen molar-refractivity contribution in [3.05, 3.63) is 52.3 Å². The average molecular weight is 336 g/mol. The standard InChI is InChI=1S/C15H18BrN3O/c1-10(2)19-9-12(16)7-14(19)15(20)18-8-11-3-5-13(17)6-4-11/h3-7,9-10H,8,17H2,1-2H3,(H,18,20). The van der Waals surface area contributed by atoms with Crippen LogP contribution in [0.4, 0.5) is 5.69 Å². The molecule has 0 aliphatic rings. The van der Waals surface area contributed by atoms with Crippen molar-refractivity contribution < 1.29 is 4.79 Å². The maximum atomic E-state index is 12.2. The highest BCUT2D eigenvalue weighted by Crippen LogP contribution is 2.19. The molecule has 2 rings (SSSR count). The maximum Gasteiger partial charge on any atom is 0.268 e. The summed E-state index contributed by atoms with van der Waals surface area (Å²) >= 11 is 3.41. The lowest BCUT2D eigenvalue weighted by Gasteiger charge is -2.12. The first-order valence-corrected chi connectivity index (χ1v) is 7.26. The number of nitrogens with two attached hydrogens (primary N) is 1. The molecule has 1 aromatic carbocycles. The van der Waals surface area contributed by atoms with Gasteiger partial charge in [-0.1, -0.05) is 12.1 Å². The molecule has 0 saturated heterocycles. The lowest BCUT2D eigenvalue weighted by atomic mass is 10.2. The summed E-state index contributed by atoms with van der Waals surface area (Å²) in [5.41, 5.74) is 8.03. The van der Waals surface area contributed by atoms with E-state index in [1.807, 2.05) is 54.9 Å². The third-order valence-electron chi connectivity index (χ3n) is 3.04. The molecule has 0 aliphatic carbocycles. The van der Waals surface area contributed by atoms with E-state index < -0.39 is 0 Å². The average Bonchev–Trinajstić information content (AvgIpc) is 2.80. The molecule has 5 heteroatoms. The molecule has 1 heterocycles. The zero-order valence-corrected chi connectivity index (χ0v) is 13.1. The second-order valence-electron chi connectivity index (χ2n) is 4.97. The molecule has 1 amide bonds. The number of rotatable bonds is 4. The Morgan fingerprint density at radius 1 is 1.35 bits per heavy atom. The fourth-order valence-electron chi connectivity index (χ4n) is 1.96. The van der Waals surface area contributed by atoms with Crippen molar-refractivity contribution in [3.63, 3.8) is 0 Å². The van der Waals surface area contributed by atoms with Gasteiger partial charge >= 0.3 is 0 Å². The Morgan fingerprint density at radius 3 is 2.60 bits per heavy atom. The largest absolute Gasteiger partial charge is 0.399 e. The molecule has 0 saturated carbocycles. The van der Waals surface area contributed by atoms with Crippen LogP contribution >= 0.6 is 15.9 Å². The van der Waals surface area contributed by atoms with Crippen LogP contribution in [-0.4, -0.2) is 10.5 Å². The number of anilines is 1. The van der Waals surface area contributed by atoms with E-state index in [0.717, 1.165) is 15.7 Å². The van der Waals surface area contributed by atoms with Crippen LogP contribution in [0.3, 0.4) is 0 Å². The van der Waals surface area contributed by atoms with Crippen molar-refractivity contribution >= 4 is 27.5 Å². The Bertz CT molecular complexity index is 602. The fraction of sp³-hybridized carbons (Fsp3) is 0.267. The summed E-state index contributed by atoms with van der Waals surface area (Å²) in [5.74, 6) is -0.0822. The zero-order chi connectivity index (χ0) is 14.7. The first-order chi connectivity index (χ1) is 9.47. The van der Waals surface area contributed by atoms with E-state index in [4.69, 9.17) is 5.73 Å². The highest BCUT2D eigenvalue weighted by Gasteiger charge is 2.14. The third-order valence-corrected chi connectivity index (χ3v) is 3.47. The van der Waals surface area contributed by atoms with Gasteiger partial charge in [-0.2, -0.15) is 0 Å². The summed E-state index contributed by atoms with van der Waals surface area (Å²) in [4.78, 5) is 12.2. The number of aromatic nitrogens is 1. The van der Waals surface area contributed by atoms with E-state index in [2.05, 4.69) is 21.2 Å². The molecule has 2 aromatic rings. The van der Waals surface area contributed by atoms with Gasteiger partial charge in [0.2, 0.25) is 0 Å². The van der Waals surface area contributed by atoms with Crippen molar-refractivity contribution in [2.24, 2.45) is 0 Å². The van der Waals surface area contributed by atoms with Gasteiger partial charge in [0, 0.05) is 28.9 Å². The van der Waals surface area contributed by atoms with Gasteiger partial charge in [-0.25, -0.2) is 0 Å². The smallest absolute Gasteiger partial charge is 0.268 e. The van der Waals surface area contributed by atoms with Crippen molar-refractivity contribution in [2.75, 3.05) is 5.73 Å². The molecule has 1 aromatic heterocycles. The van der Waals surface area contributed by atoms with E-state index in [0.29, 0.717) is 12.2 Å². The Morgan fingerprint density at radius 2 is 2.00 bits per heavy atom. The highest BCUT2D eigenvalue weighted by atomic mass is 79.9. The Labute approximate surface area is 127 Å². The number of hydrogen-bond donors (Lipinski definition) is 2. The molecule has 4 nitrogen and oxygen atoms in total. The number of halogens is 1. The monoisotopic (exact) mass is 335 g/mol. The molecule has 0 aliphatic heterocycles. The molecule has 0 fully saturated rings. The lowest BCUT2D eigenvalue weighted by Crippen LogP contribution is -2.25. The molecule has 3 N–H and O–H groups in total. The first kappa shape index (κ1) is 14.7. The van der Waals surface area contributed by atoms with Gasteiger partial charge in [0.05, 0.1) is 0 Å². The minimum Gasteiger partial charge on any atom is -0.399 e. The van der Waals surface area contributed by atoms with Crippen molar-refractivity contribution in [1.82, 2.24) is 9.88 Å². The van der Waals surface area contributed by atoms with Crippen LogP contribution in [0.1, 0.15) is 35.9 Å². The predicted molar refractivity (Wildman–Crippen MR) is 84.5 cm³/mol. The molecular weight excluding hydrogens is 318 g/mol. The predicted octanol–water partition coefficient (Wildman–Crippen LogP) is 3.34. The van der Waals surface area contributed by atoms with Gasteiger partial charge in [0.1, 0.15) is 5.69 Å². The van der Waals surface area contributed by atoms with E-state index in [-0.39, 0.29) is 11.9 Å². The summed E-state index contributed by atoms with van der Waals surface area (Å²) in [7, 11) is 0. The number of nitrogen functional groups attached to an aromatic ring is 1. The number of carbonyl (C=O) groups is 1. The van der Waals surface area contributed by atoms with Crippen LogP contribution in [-0.2, 0) is 6.54 Å². The van der Waals surface area contributed by atoms with Crippen molar-refractivity contribution in [3.8, 4) is 0 Å². The zero-order valence-electron chi connectivity index (χ0n) is 11.6. The third kappa shape index (κ3) is 3.42. The maximum absolute atomic E-state index is 12.2. The van der Waals surface area contributed by atoms with E-state index >= 15 is 0 Å². The summed E-state index contributed by atoms with van der Waals surface area (Å²) in [6.45, 7) is 4.58. The molecule has 0 spiro atoms. The SMILES string of the molecule is CC(C)n1cc(Br)cc1C(=O)NCc1ccc(N)cc1. The molecular formula is C15H18BrN3O. The van der Waals surface area contributed by atoms with Crippen LogP contribution in [0, 0.1) is 0 Å².